The van der Waals surface area contributed by atoms with Crippen LogP contribution in [-0.2, 0) is 9.53 Å². The third kappa shape index (κ3) is 4.79. The number of halogens is 2. The van der Waals surface area contributed by atoms with E-state index in [0.29, 0.717) is 5.56 Å². The Balaban J connectivity index is 1.80. The highest BCUT2D eigenvalue weighted by Crippen LogP contribution is 2.15. The molecule has 0 saturated carbocycles. The summed E-state index contributed by atoms with van der Waals surface area (Å²) in [6.45, 7) is -0.685. The standard InChI is InChI=1S/C16H12ClFN2O4/c17-11-6-7-12(13(18)8-11)16(23)24-9-14(21)19-20-15(22)10-4-2-1-3-5-10/h1-8H,9H2,(H,19,21)(H,20,22). The van der Waals surface area contributed by atoms with E-state index in [1.165, 1.54) is 6.07 Å². The second-order valence-electron chi connectivity index (χ2n) is 4.57. The number of hydrogen-bond donors (Lipinski definition) is 2. The minimum absolute atomic E-state index is 0.130. The van der Waals surface area contributed by atoms with Crippen molar-refractivity contribution in [3.8, 4) is 0 Å². The van der Waals surface area contributed by atoms with Gasteiger partial charge in [-0.05, 0) is 30.3 Å². The van der Waals surface area contributed by atoms with Gasteiger partial charge in [-0.25, -0.2) is 9.18 Å². The average Bonchev–Trinajstić information content (AvgIpc) is 2.58. The van der Waals surface area contributed by atoms with Gasteiger partial charge in [0.2, 0.25) is 0 Å². The third-order valence-electron chi connectivity index (χ3n) is 2.84. The van der Waals surface area contributed by atoms with E-state index >= 15 is 0 Å². The van der Waals surface area contributed by atoms with E-state index < -0.39 is 30.2 Å². The fraction of sp³-hybridized carbons (Fsp3) is 0.0625. The first-order valence-electron chi connectivity index (χ1n) is 6.74. The Morgan fingerprint density at radius 1 is 1.04 bits per heavy atom. The summed E-state index contributed by atoms with van der Waals surface area (Å²) in [5, 5.41) is 0.130. The molecule has 0 aliphatic carbocycles. The average molecular weight is 351 g/mol. The van der Waals surface area contributed by atoms with Gasteiger partial charge in [-0.3, -0.25) is 20.4 Å². The summed E-state index contributed by atoms with van der Waals surface area (Å²) >= 11 is 5.57. The summed E-state index contributed by atoms with van der Waals surface area (Å²) in [6, 6.07) is 11.6. The molecule has 2 amide bonds. The molecule has 2 aromatic rings. The fourth-order valence-electron chi connectivity index (χ4n) is 1.69. The molecule has 0 radical (unpaired) electrons. The van der Waals surface area contributed by atoms with Crippen molar-refractivity contribution in [2.24, 2.45) is 0 Å². The Labute approximate surface area is 141 Å². The number of esters is 1. The first kappa shape index (κ1) is 17.4. The van der Waals surface area contributed by atoms with Crippen molar-refractivity contribution in [1.82, 2.24) is 10.9 Å². The first-order valence-corrected chi connectivity index (χ1v) is 7.11. The highest BCUT2D eigenvalue weighted by Gasteiger charge is 2.15. The molecule has 2 N–H and O–H groups in total. The minimum Gasteiger partial charge on any atom is -0.452 e. The van der Waals surface area contributed by atoms with Crippen LogP contribution in [0.25, 0.3) is 0 Å². The largest absolute Gasteiger partial charge is 0.452 e. The van der Waals surface area contributed by atoms with Gasteiger partial charge >= 0.3 is 5.97 Å². The Hall–Kier alpha value is -2.93. The number of carbonyl (C=O) groups is 3. The van der Waals surface area contributed by atoms with Crippen molar-refractivity contribution >= 4 is 29.4 Å². The van der Waals surface area contributed by atoms with Crippen molar-refractivity contribution in [2.45, 2.75) is 0 Å². The molecule has 0 atom stereocenters. The maximum Gasteiger partial charge on any atom is 0.341 e. The molecule has 0 fully saturated rings. The Bertz CT molecular complexity index is 768. The molecule has 0 aliphatic heterocycles. The van der Waals surface area contributed by atoms with E-state index in [2.05, 4.69) is 15.6 Å². The van der Waals surface area contributed by atoms with E-state index in [-0.39, 0.29) is 10.6 Å². The van der Waals surface area contributed by atoms with Gasteiger partial charge in [-0.15, -0.1) is 0 Å². The van der Waals surface area contributed by atoms with Crippen LogP contribution in [0.2, 0.25) is 5.02 Å². The zero-order chi connectivity index (χ0) is 17.5. The second kappa shape index (κ2) is 8.07. The molecule has 0 aromatic heterocycles. The number of ether oxygens (including phenoxy) is 1. The van der Waals surface area contributed by atoms with Crippen LogP contribution in [0.5, 0.6) is 0 Å². The Kier molecular flexibility index (Phi) is 5.86. The maximum absolute atomic E-state index is 13.5. The Morgan fingerprint density at radius 3 is 2.42 bits per heavy atom. The predicted octanol–water partition coefficient (Wildman–Crippen LogP) is 2.10. The van der Waals surface area contributed by atoms with Gasteiger partial charge in [0, 0.05) is 10.6 Å². The number of carbonyl (C=O) groups excluding carboxylic acids is 3. The van der Waals surface area contributed by atoms with Gasteiger partial charge in [0.1, 0.15) is 5.82 Å². The van der Waals surface area contributed by atoms with Gasteiger partial charge in [0.25, 0.3) is 11.8 Å². The van der Waals surface area contributed by atoms with Crippen LogP contribution in [0.15, 0.2) is 48.5 Å². The zero-order valence-corrected chi connectivity index (χ0v) is 13.0. The molecule has 2 aromatic carbocycles. The lowest BCUT2D eigenvalue weighted by atomic mass is 10.2. The normalized spacial score (nSPS) is 9.92. The number of nitrogens with one attached hydrogen (secondary N) is 2. The number of hydrogen-bond acceptors (Lipinski definition) is 4. The van der Waals surface area contributed by atoms with Crippen LogP contribution in [-0.4, -0.2) is 24.4 Å². The molecule has 0 bridgehead atoms. The molecular weight excluding hydrogens is 339 g/mol. The van der Waals surface area contributed by atoms with Crippen LogP contribution in [0.4, 0.5) is 4.39 Å². The van der Waals surface area contributed by atoms with Crippen molar-refractivity contribution in [3.63, 3.8) is 0 Å². The molecule has 0 saturated heterocycles. The summed E-state index contributed by atoms with van der Waals surface area (Å²) in [5.41, 5.74) is 4.24. The van der Waals surface area contributed by atoms with Gasteiger partial charge in [0.15, 0.2) is 6.61 Å². The summed E-state index contributed by atoms with van der Waals surface area (Å²) in [7, 11) is 0. The molecule has 0 heterocycles. The number of amides is 2. The molecule has 8 heteroatoms. The van der Waals surface area contributed by atoms with Crippen LogP contribution >= 0.6 is 11.6 Å². The molecule has 2 rings (SSSR count). The van der Waals surface area contributed by atoms with Crippen molar-refractivity contribution in [3.05, 3.63) is 70.5 Å². The second-order valence-corrected chi connectivity index (χ2v) is 5.01. The predicted molar refractivity (Wildman–Crippen MR) is 83.7 cm³/mol. The lowest BCUT2D eigenvalue weighted by Crippen LogP contribution is -2.43. The van der Waals surface area contributed by atoms with E-state index in [1.54, 1.807) is 30.3 Å². The van der Waals surface area contributed by atoms with E-state index in [9.17, 15) is 18.8 Å². The zero-order valence-electron chi connectivity index (χ0n) is 12.2. The SMILES string of the molecule is O=C(COC(=O)c1ccc(Cl)cc1F)NNC(=O)c1ccccc1. The molecular formula is C16H12ClFN2O4. The molecule has 0 aliphatic rings. The summed E-state index contributed by atoms with van der Waals surface area (Å²) in [5.74, 6) is -3.18. The Morgan fingerprint density at radius 2 is 1.75 bits per heavy atom. The lowest BCUT2D eigenvalue weighted by molar-refractivity contribution is -0.125. The molecule has 0 unspecified atom stereocenters. The molecule has 24 heavy (non-hydrogen) atoms. The van der Waals surface area contributed by atoms with E-state index in [1.807, 2.05) is 0 Å². The number of rotatable bonds is 4. The topological polar surface area (TPSA) is 84.5 Å². The third-order valence-corrected chi connectivity index (χ3v) is 3.07. The quantitative estimate of drug-likeness (QED) is 0.653. The van der Waals surface area contributed by atoms with Gasteiger partial charge in [0.05, 0.1) is 5.56 Å². The van der Waals surface area contributed by atoms with Crippen molar-refractivity contribution in [1.29, 1.82) is 0 Å². The molecule has 0 spiro atoms. The summed E-state index contributed by atoms with van der Waals surface area (Å²) in [4.78, 5) is 34.9. The highest BCUT2D eigenvalue weighted by atomic mass is 35.5. The minimum atomic E-state index is -1.02. The monoisotopic (exact) mass is 350 g/mol. The maximum atomic E-state index is 13.5. The molecule has 124 valence electrons. The van der Waals surface area contributed by atoms with E-state index in [4.69, 9.17) is 11.6 Å². The van der Waals surface area contributed by atoms with Gasteiger partial charge in [-0.1, -0.05) is 29.8 Å². The van der Waals surface area contributed by atoms with E-state index in [0.717, 1.165) is 12.1 Å². The lowest BCUT2D eigenvalue weighted by Gasteiger charge is -2.08. The highest BCUT2D eigenvalue weighted by molar-refractivity contribution is 6.30. The van der Waals surface area contributed by atoms with Crippen LogP contribution in [0, 0.1) is 5.82 Å². The first-order chi connectivity index (χ1) is 11.5. The van der Waals surface area contributed by atoms with Gasteiger partial charge < -0.3 is 4.74 Å². The number of hydrazine groups is 1. The van der Waals surface area contributed by atoms with Crippen molar-refractivity contribution < 1.29 is 23.5 Å². The molecule has 6 nitrogen and oxygen atoms in total. The van der Waals surface area contributed by atoms with Gasteiger partial charge in [-0.2, -0.15) is 0 Å². The number of benzene rings is 2. The van der Waals surface area contributed by atoms with Crippen LogP contribution in [0.3, 0.4) is 0 Å². The summed E-state index contributed by atoms with van der Waals surface area (Å²) in [6.07, 6.45) is 0. The van der Waals surface area contributed by atoms with Crippen LogP contribution in [0.1, 0.15) is 20.7 Å². The summed E-state index contributed by atoms with van der Waals surface area (Å²) < 4.78 is 18.2. The smallest absolute Gasteiger partial charge is 0.341 e. The van der Waals surface area contributed by atoms with Crippen LogP contribution < -0.4 is 10.9 Å². The fourth-order valence-corrected chi connectivity index (χ4v) is 1.85. The van der Waals surface area contributed by atoms with Crippen molar-refractivity contribution in [2.75, 3.05) is 6.61 Å².